The van der Waals surface area contributed by atoms with Gasteiger partial charge in [-0.1, -0.05) is 20.3 Å². The second kappa shape index (κ2) is 6.89. The molecule has 0 spiro atoms. The first-order valence-electron chi connectivity index (χ1n) is 4.97. The van der Waals surface area contributed by atoms with E-state index in [-0.39, 0.29) is 18.4 Å². The molecule has 2 atom stereocenters. The lowest BCUT2D eigenvalue weighted by Gasteiger charge is -2.17. The van der Waals surface area contributed by atoms with Crippen LogP contribution in [0, 0.1) is 5.92 Å². The topological polar surface area (TPSA) is 57.5 Å². The normalized spacial score (nSPS) is 15.3. The molecular formula is C10H20O3. The van der Waals surface area contributed by atoms with Crippen LogP contribution in [0.2, 0.25) is 0 Å². The summed E-state index contributed by atoms with van der Waals surface area (Å²) < 4.78 is 0. The summed E-state index contributed by atoms with van der Waals surface area (Å²) >= 11 is 0. The summed E-state index contributed by atoms with van der Waals surface area (Å²) in [6.07, 6.45) is 3.20. The molecule has 13 heavy (non-hydrogen) atoms. The molecule has 2 unspecified atom stereocenters. The number of aliphatic hydroxyl groups excluding tert-OH is 1. The van der Waals surface area contributed by atoms with Gasteiger partial charge in [0.2, 0.25) is 0 Å². The van der Waals surface area contributed by atoms with Crippen molar-refractivity contribution in [3.8, 4) is 0 Å². The maximum absolute atomic E-state index is 10.2. The molecule has 0 radical (unpaired) electrons. The van der Waals surface area contributed by atoms with Crippen molar-refractivity contribution in [3.05, 3.63) is 0 Å². The van der Waals surface area contributed by atoms with E-state index < -0.39 is 5.97 Å². The highest BCUT2D eigenvalue weighted by atomic mass is 16.4. The zero-order valence-electron chi connectivity index (χ0n) is 8.49. The summed E-state index contributed by atoms with van der Waals surface area (Å²) in [6.45, 7) is 4.01. The van der Waals surface area contributed by atoms with Crippen molar-refractivity contribution in [3.63, 3.8) is 0 Å². The molecule has 0 fully saturated rings. The van der Waals surface area contributed by atoms with Gasteiger partial charge in [-0.25, -0.2) is 0 Å². The molecule has 0 aromatic heterocycles. The Morgan fingerprint density at radius 2 is 2.00 bits per heavy atom. The first-order chi connectivity index (χ1) is 6.07. The van der Waals surface area contributed by atoms with E-state index in [1.807, 2.05) is 13.8 Å². The van der Waals surface area contributed by atoms with Gasteiger partial charge in [-0.05, 0) is 25.2 Å². The molecule has 0 aliphatic rings. The standard InChI is InChI=1S/C10H20O3/c1-3-5-9(11)8(2)6-4-7-10(12)13/h8-9,11H,3-7H2,1-2H3,(H,12,13). The summed E-state index contributed by atoms with van der Waals surface area (Å²) in [7, 11) is 0. The highest BCUT2D eigenvalue weighted by Gasteiger charge is 2.12. The van der Waals surface area contributed by atoms with Crippen LogP contribution in [0.5, 0.6) is 0 Å². The highest BCUT2D eigenvalue weighted by molar-refractivity contribution is 5.66. The fraction of sp³-hybridized carbons (Fsp3) is 0.900. The third kappa shape index (κ3) is 6.58. The van der Waals surface area contributed by atoms with Crippen LogP contribution < -0.4 is 0 Å². The lowest BCUT2D eigenvalue weighted by atomic mass is 9.95. The molecule has 3 heteroatoms. The van der Waals surface area contributed by atoms with E-state index in [0.717, 1.165) is 19.3 Å². The third-order valence-corrected chi connectivity index (χ3v) is 2.29. The van der Waals surface area contributed by atoms with Crippen LogP contribution in [0.3, 0.4) is 0 Å². The van der Waals surface area contributed by atoms with Crippen molar-refractivity contribution in [1.82, 2.24) is 0 Å². The number of carboxylic acid groups (broad SMARTS) is 1. The average molecular weight is 188 g/mol. The molecule has 78 valence electrons. The van der Waals surface area contributed by atoms with Crippen LogP contribution in [-0.2, 0) is 4.79 Å². The SMILES string of the molecule is CCCC(O)C(C)CCCC(=O)O. The van der Waals surface area contributed by atoms with Crippen LogP contribution in [0.4, 0.5) is 0 Å². The quantitative estimate of drug-likeness (QED) is 0.642. The predicted octanol–water partition coefficient (Wildman–Crippen LogP) is 2.04. The van der Waals surface area contributed by atoms with E-state index in [4.69, 9.17) is 5.11 Å². The molecule has 0 aliphatic heterocycles. The Bertz CT molecular complexity index is 145. The third-order valence-electron chi connectivity index (χ3n) is 2.29. The predicted molar refractivity (Wildman–Crippen MR) is 51.6 cm³/mol. The van der Waals surface area contributed by atoms with E-state index in [2.05, 4.69) is 0 Å². The van der Waals surface area contributed by atoms with Gasteiger partial charge in [0.05, 0.1) is 6.10 Å². The molecule has 0 heterocycles. The maximum Gasteiger partial charge on any atom is 0.303 e. The lowest BCUT2D eigenvalue weighted by molar-refractivity contribution is -0.137. The maximum atomic E-state index is 10.2. The van der Waals surface area contributed by atoms with Crippen molar-refractivity contribution in [2.75, 3.05) is 0 Å². The minimum absolute atomic E-state index is 0.211. The average Bonchev–Trinajstić information content (AvgIpc) is 2.04. The van der Waals surface area contributed by atoms with Crippen LogP contribution >= 0.6 is 0 Å². The summed E-state index contributed by atoms with van der Waals surface area (Å²) in [5.41, 5.74) is 0. The number of aliphatic carboxylic acids is 1. The van der Waals surface area contributed by atoms with E-state index in [1.165, 1.54) is 0 Å². The molecular weight excluding hydrogens is 168 g/mol. The summed E-state index contributed by atoms with van der Waals surface area (Å²) in [5, 5.41) is 17.9. The van der Waals surface area contributed by atoms with Crippen molar-refractivity contribution < 1.29 is 15.0 Å². The van der Waals surface area contributed by atoms with Crippen LogP contribution in [0.15, 0.2) is 0 Å². The van der Waals surface area contributed by atoms with Gasteiger partial charge in [0.25, 0.3) is 0 Å². The highest BCUT2D eigenvalue weighted by Crippen LogP contribution is 2.15. The minimum Gasteiger partial charge on any atom is -0.481 e. The Balaban J connectivity index is 3.49. The fourth-order valence-corrected chi connectivity index (χ4v) is 1.35. The van der Waals surface area contributed by atoms with Gasteiger partial charge in [-0.2, -0.15) is 0 Å². The Hall–Kier alpha value is -0.570. The van der Waals surface area contributed by atoms with E-state index >= 15 is 0 Å². The lowest BCUT2D eigenvalue weighted by Crippen LogP contribution is -2.17. The second-order valence-corrected chi connectivity index (χ2v) is 3.62. The molecule has 0 saturated carbocycles. The first-order valence-corrected chi connectivity index (χ1v) is 4.97. The molecule has 0 rings (SSSR count). The Labute approximate surface area is 79.8 Å². The van der Waals surface area contributed by atoms with Gasteiger partial charge in [-0.15, -0.1) is 0 Å². The minimum atomic E-state index is -0.753. The van der Waals surface area contributed by atoms with Gasteiger partial charge in [-0.3, -0.25) is 4.79 Å². The van der Waals surface area contributed by atoms with E-state index in [0.29, 0.717) is 6.42 Å². The zero-order valence-corrected chi connectivity index (χ0v) is 8.49. The summed E-state index contributed by atoms with van der Waals surface area (Å²) in [6, 6.07) is 0. The van der Waals surface area contributed by atoms with Crippen LogP contribution in [-0.4, -0.2) is 22.3 Å². The molecule has 0 bridgehead atoms. The fourth-order valence-electron chi connectivity index (χ4n) is 1.35. The molecule has 0 aliphatic carbocycles. The largest absolute Gasteiger partial charge is 0.481 e. The van der Waals surface area contributed by atoms with Gasteiger partial charge < -0.3 is 10.2 Å². The number of carbonyl (C=O) groups is 1. The van der Waals surface area contributed by atoms with Gasteiger partial charge in [0.1, 0.15) is 0 Å². The Morgan fingerprint density at radius 1 is 1.38 bits per heavy atom. The number of carboxylic acids is 1. The molecule has 0 aromatic rings. The summed E-state index contributed by atoms with van der Waals surface area (Å²) in [5.74, 6) is -0.531. The van der Waals surface area contributed by atoms with E-state index in [1.54, 1.807) is 0 Å². The van der Waals surface area contributed by atoms with Crippen LogP contribution in [0.1, 0.15) is 46.0 Å². The zero-order chi connectivity index (χ0) is 10.3. The van der Waals surface area contributed by atoms with Crippen molar-refractivity contribution >= 4 is 5.97 Å². The van der Waals surface area contributed by atoms with Crippen molar-refractivity contribution in [2.24, 2.45) is 5.92 Å². The number of rotatable bonds is 7. The molecule has 2 N–H and O–H groups in total. The second-order valence-electron chi connectivity index (χ2n) is 3.62. The van der Waals surface area contributed by atoms with Gasteiger partial charge >= 0.3 is 5.97 Å². The van der Waals surface area contributed by atoms with Gasteiger partial charge in [0, 0.05) is 6.42 Å². The number of hydrogen-bond acceptors (Lipinski definition) is 2. The molecule has 3 nitrogen and oxygen atoms in total. The van der Waals surface area contributed by atoms with Gasteiger partial charge in [0.15, 0.2) is 0 Å². The Kier molecular flexibility index (Phi) is 6.59. The molecule has 0 amide bonds. The first kappa shape index (κ1) is 12.4. The van der Waals surface area contributed by atoms with Crippen LogP contribution in [0.25, 0.3) is 0 Å². The van der Waals surface area contributed by atoms with Crippen molar-refractivity contribution in [1.29, 1.82) is 0 Å². The summed E-state index contributed by atoms with van der Waals surface area (Å²) in [4.78, 5) is 10.2. The molecule has 0 aromatic carbocycles. The molecule has 0 saturated heterocycles. The smallest absolute Gasteiger partial charge is 0.303 e. The van der Waals surface area contributed by atoms with E-state index in [9.17, 15) is 9.90 Å². The monoisotopic (exact) mass is 188 g/mol. The van der Waals surface area contributed by atoms with Crippen molar-refractivity contribution in [2.45, 2.75) is 52.1 Å². The number of hydrogen-bond donors (Lipinski definition) is 2. The Morgan fingerprint density at radius 3 is 2.46 bits per heavy atom. The number of aliphatic hydroxyl groups is 1.